The van der Waals surface area contributed by atoms with E-state index in [0.717, 1.165) is 0 Å². The first-order chi connectivity index (χ1) is 9.45. The average molecular weight is 280 g/mol. The summed E-state index contributed by atoms with van der Waals surface area (Å²) in [6, 6.07) is 3.98. The Morgan fingerprint density at radius 3 is 2.60 bits per heavy atom. The van der Waals surface area contributed by atoms with Gasteiger partial charge in [-0.1, -0.05) is 26.8 Å². The summed E-state index contributed by atoms with van der Waals surface area (Å²) in [5.74, 6) is -0.824. The molecule has 0 bridgehead atoms. The van der Waals surface area contributed by atoms with Crippen LogP contribution in [0.25, 0.3) is 0 Å². The zero-order valence-corrected chi connectivity index (χ0v) is 12.0. The molecule has 0 fully saturated rings. The van der Waals surface area contributed by atoms with Crippen molar-refractivity contribution in [3.05, 3.63) is 34.7 Å². The Bertz CT molecular complexity index is 522. The predicted octanol–water partition coefficient (Wildman–Crippen LogP) is 1.42. The summed E-state index contributed by atoms with van der Waals surface area (Å²) in [5.41, 5.74) is 1.85. The van der Waals surface area contributed by atoms with E-state index in [4.69, 9.17) is 0 Å². The number of pyridine rings is 1. The molecule has 6 heteroatoms. The van der Waals surface area contributed by atoms with E-state index in [1.54, 1.807) is 25.3 Å². The summed E-state index contributed by atoms with van der Waals surface area (Å²) in [7, 11) is 0. The first-order valence-electron chi connectivity index (χ1n) is 6.62. The minimum absolute atomic E-state index is 0.167. The Morgan fingerprint density at radius 2 is 2.05 bits per heavy atom. The second-order valence-electron chi connectivity index (χ2n) is 4.89. The molecule has 6 nitrogen and oxygen atoms in total. The summed E-state index contributed by atoms with van der Waals surface area (Å²) in [6.07, 6.45) is 2.19. The lowest BCUT2D eigenvalue weighted by Gasteiger charge is -2.20. The van der Waals surface area contributed by atoms with Crippen LogP contribution in [0.2, 0.25) is 0 Å². The standard InChI is InChI=1S/C14H20N2O4/c1-4-13(18)20-15-14(19)11(9-10(2)3)16-8-6-5-7-12(16)17/h5-8,10-11H,4,9H2,1-3H3,(H,15,19). The van der Waals surface area contributed by atoms with Crippen molar-refractivity contribution in [2.45, 2.75) is 39.7 Å². The monoisotopic (exact) mass is 280 g/mol. The van der Waals surface area contributed by atoms with Crippen molar-refractivity contribution in [3.63, 3.8) is 0 Å². The van der Waals surface area contributed by atoms with Crippen molar-refractivity contribution in [1.29, 1.82) is 0 Å². The van der Waals surface area contributed by atoms with Crippen LogP contribution in [0.5, 0.6) is 0 Å². The predicted molar refractivity (Wildman–Crippen MR) is 73.7 cm³/mol. The van der Waals surface area contributed by atoms with Crippen molar-refractivity contribution in [3.8, 4) is 0 Å². The Hall–Kier alpha value is -2.11. The highest BCUT2D eigenvalue weighted by Crippen LogP contribution is 2.16. The van der Waals surface area contributed by atoms with Crippen molar-refractivity contribution < 1.29 is 14.4 Å². The number of amides is 1. The molecule has 1 atom stereocenters. The molecule has 0 aliphatic rings. The molecule has 0 aliphatic heterocycles. The third-order valence-corrected chi connectivity index (χ3v) is 2.74. The summed E-state index contributed by atoms with van der Waals surface area (Å²) < 4.78 is 1.34. The Kier molecular flexibility index (Phi) is 5.96. The van der Waals surface area contributed by atoms with Crippen molar-refractivity contribution in [2.75, 3.05) is 0 Å². The first kappa shape index (κ1) is 15.9. The number of hydrogen-bond acceptors (Lipinski definition) is 4. The first-order valence-corrected chi connectivity index (χ1v) is 6.62. The van der Waals surface area contributed by atoms with Crippen LogP contribution >= 0.6 is 0 Å². The van der Waals surface area contributed by atoms with Gasteiger partial charge in [0.05, 0.1) is 0 Å². The molecule has 1 N–H and O–H groups in total. The summed E-state index contributed by atoms with van der Waals surface area (Å²) >= 11 is 0. The highest BCUT2D eigenvalue weighted by Gasteiger charge is 2.23. The van der Waals surface area contributed by atoms with E-state index >= 15 is 0 Å². The van der Waals surface area contributed by atoms with Crippen LogP contribution in [0.15, 0.2) is 29.2 Å². The number of nitrogens with zero attached hydrogens (tertiary/aromatic N) is 1. The maximum absolute atomic E-state index is 12.1. The Labute approximate surface area is 117 Å². The smallest absolute Gasteiger partial charge is 0.331 e. The molecule has 0 saturated carbocycles. The molecular formula is C14H20N2O4. The van der Waals surface area contributed by atoms with Gasteiger partial charge in [-0.05, 0) is 18.4 Å². The molecule has 1 heterocycles. The lowest BCUT2D eigenvalue weighted by molar-refractivity contribution is -0.159. The fraction of sp³-hybridized carbons (Fsp3) is 0.500. The van der Waals surface area contributed by atoms with Gasteiger partial charge >= 0.3 is 5.97 Å². The minimum Gasteiger partial charge on any atom is -0.341 e. The van der Waals surface area contributed by atoms with Gasteiger partial charge in [0.15, 0.2) is 0 Å². The van der Waals surface area contributed by atoms with E-state index in [2.05, 4.69) is 10.3 Å². The lowest BCUT2D eigenvalue weighted by Crippen LogP contribution is -2.38. The topological polar surface area (TPSA) is 77.4 Å². The number of hydrogen-bond donors (Lipinski definition) is 1. The minimum atomic E-state index is -0.701. The molecule has 1 aromatic rings. The number of hydroxylamine groups is 1. The number of nitrogens with one attached hydrogen (secondary N) is 1. The van der Waals surface area contributed by atoms with Crippen molar-refractivity contribution >= 4 is 11.9 Å². The molecule has 0 radical (unpaired) electrons. The van der Waals surface area contributed by atoms with Crippen LogP contribution in [0.1, 0.15) is 39.7 Å². The maximum Gasteiger partial charge on any atom is 0.331 e. The molecule has 1 aromatic heterocycles. The quantitative estimate of drug-likeness (QED) is 0.827. The number of aromatic nitrogens is 1. The van der Waals surface area contributed by atoms with Crippen LogP contribution in [0.3, 0.4) is 0 Å². The zero-order chi connectivity index (χ0) is 15.1. The molecule has 0 spiro atoms. The second kappa shape index (κ2) is 7.47. The fourth-order valence-electron chi connectivity index (χ4n) is 1.74. The van der Waals surface area contributed by atoms with Crippen LogP contribution in [0.4, 0.5) is 0 Å². The highest BCUT2D eigenvalue weighted by molar-refractivity contribution is 5.81. The molecule has 1 amide bonds. The molecular weight excluding hydrogens is 260 g/mol. The SMILES string of the molecule is CCC(=O)ONC(=O)C(CC(C)C)n1ccccc1=O. The van der Waals surface area contributed by atoms with E-state index in [-0.39, 0.29) is 17.9 Å². The van der Waals surface area contributed by atoms with E-state index < -0.39 is 17.9 Å². The fourth-order valence-corrected chi connectivity index (χ4v) is 1.74. The number of rotatable bonds is 5. The molecule has 0 saturated heterocycles. The Balaban J connectivity index is 2.90. The van der Waals surface area contributed by atoms with E-state index in [1.807, 2.05) is 13.8 Å². The molecule has 1 unspecified atom stereocenters. The van der Waals surface area contributed by atoms with Gasteiger partial charge in [0.2, 0.25) is 0 Å². The van der Waals surface area contributed by atoms with Gasteiger partial charge in [-0.3, -0.25) is 9.59 Å². The summed E-state index contributed by atoms with van der Waals surface area (Å²) in [6.45, 7) is 5.53. The third-order valence-electron chi connectivity index (χ3n) is 2.74. The van der Waals surface area contributed by atoms with Gasteiger partial charge in [0.25, 0.3) is 11.5 Å². The number of carbonyl (C=O) groups excluding carboxylic acids is 2. The van der Waals surface area contributed by atoms with Gasteiger partial charge in [-0.2, -0.15) is 5.48 Å². The molecule has 0 aromatic carbocycles. The van der Waals surface area contributed by atoms with E-state index in [0.29, 0.717) is 6.42 Å². The summed E-state index contributed by atoms with van der Waals surface area (Å²) in [4.78, 5) is 39.6. The zero-order valence-electron chi connectivity index (χ0n) is 12.0. The van der Waals surface area contributed by atoms with Crippen LogP contribution in [-0.4, -0.2) is 16.4 Å². The maximum atomic E-state index is 12.1. The Morgan fingerprint density at radius 1 is 1.35 bits per heavy atom. The highest BCUT2D eigenvalue weighted by atomic mass is 16.7. The molecule has 20 heavy (non-hydrogen) atoms. The molecule has 1 rings (SSSR count). The van der Waals surface area contributed by atoms with Gasteiger partial charge in [-0.25, -0.2) is 4.79 Å². The second-order valence-corrected chi connectivity index (χ2v) is 4.89. The van der Waals surface area contributed by atoms with Gasteiger partial charge in [-0.15, -0.1) is 0 Å². The molecule has 110 valence electrons. The third kappa shape index (κ3) is 4.53. The van der Waals surface area contributed by atoms with E-state index in [9.17, 15) is 14.4 Å². The van der Waals surface area contributed by atoms with Gasteiger partial charge in [0, 0.05) is 18.7 Å². The normalized spacial score (nSPS) is 12.0. The lowest BCUT2D eigenvalue weighted by atomic mass is 10.0. The van der Waals surface area contributed by atoms with Crippen LogP contribution in [-0.2, 0) is 14.4 Å². The van der Waals surface area contributed by atoms with Crippen molar-refractivity contribution in [1.82, 2.24) is 10.0 Å². The average Bonchev–Trinajstić information content (AvgIpc) is 2.42. The van der Waals surface area contributed by atoms with Crippen molar-refractivity contribution in [2.24, 2.45) is 5.92 Å². The largest absolute Gasteiger partial charge is 0.341 e. The number of carbonyl (C=O) groups is 2. The van der Waals surface area contributed by atoms with Gasteiger partial charge < -0.3 is 9.40 Å². The van der Waals surface area contributed by atoms with Gasteiger partial charge in [0.1, 0.15) is 6.04 Å². The van der Waals surface area contributed by atoms with Crippen LogP contribution in [0, 0.1) is 5.92 Å². The van der Waals surface area contributed by atoms with Crippen LogP contribution < -0.4 is 11.0 Å². The molecule has 0 aliphatic carbocycles. The van der Waals surface area contributed by atoms with E-state index in [1.165, 1.54) is 10.6 Å². The summed E-state index contributed by atoms with van der Waals surface area (Å²) in [5, 5.41) is 0.